The number of primary amides is 2. The van der Waals surface area contributed by atoms with Crippen molar-refractivity contribution in [3.63, 3.8) is 0 Å². The standard InChI is InChI=1S/C11H15N5O4/c1-20-11(19)7-2-6(12)3-15-10(7)16(4-8(13)17)5-9(14)18/h2-3H,4-5,12H2,1H3,(H2,13,17)(H2,14,18). The van der Waals surface area contributed by atoms with Crippen LogP contribution in [0.25, 0.3) is 0 Å². The van der Waals surface area contributed by atoms with Crippen LogP contribution in [0.1, 0.15) is 10.4 Å². The second-order valence-corrected chi connectivity index (χ2v) is 3.92. The monoisotopic (exact) mass is 281 g/mol. The van der Waals surface area contributed by atoms with Gasteiger partial charge < -0.3 is 26.8 Å². The van der Waals surface area contributed by atoms with E-state index in [0.717, 1.165) is 0 Å². The van der Waals surface area contributed by atoms with Crippen LogP contribution in [0, 0.1) is 0 Å². The number of hydrogen-bond donors (Lipinski definition) is 3. The number of hydrogen-bond acceptors (Lipinski definition) is 7. The Labute approximate surface area is 114 Å². The van der Waals surface area contributed by atoms with Gasteiger partial charge in [0.1, 0.15) is 11.4 Å². The Morgan fingerprint density at radius 3 is 2.25 bits per heavy atom. The number of nitrogens with zero attached hydrogens (tertiary/aromatic N) is 2. The number of anilines is 2. The molecule has 6 N–H and O–H groups in total. The second kappa shape index (κ2) is 6.36. The molecule has 0 unspecified atom stereocenters. The van der Waals surface area contributed by atoms with Crippen LogP contribution in [0.15, 0.2) is 12.3 Å². The van der Waals surface area contributed by atoms with Crippen molar-refractivity contribution in [2.24, 2.45) is 11.5 Å². The van der Waals surface area contributed by atoms with Gasteiger partial charge >= 0.3 is 5.97 Å². The normalized spacial score (nSPS) is 9.85. The number of ether oxygens (including phenoxy) is 1. The third kappa shape index (κ3) is 3.83. The topological polar surface area (TPSA) is 155 Å². The van der Waals surface area contributed by atoms with Gasteiger partial charge in [-0.1, -0.05) is 0 Å². The van der Waals surface area contributed by atoms with Gasteiger partial charge in [0.25, 0.3) is 0 Å². The van der Waals surface area contributed by atoms with Crippen molar-refractivity contribution < 1.29 is 19.1 Å². The van der Waals surface area contributed by atoms with Crippen molar-refractivity contribution in [1.82, 2.24) is 4.98 Å². The number of carbonyl (C=O) groups excluding carboxylic acids is 3. The average Bonchev–Trinajstić information content (AvgIpc) is 2.35. The number of amides is 2. The molecule has 1 aromatic heterocycles. The van der Waals surface area contributed by atoms with Gasteiger partial charge in [-0.2, -0.15) is 0 Å². The fraction of sp³-hybridized carbons (Fsp3) is 0.273. The van der Waals surface area contributed by atoms with Gasteiger partial charge in [-0.15, -0.1) is 0 Å². The number of carbonyl (C=O) groups is 3. The van der Waals surface area contributed by atoms with E-state index in [4.69, 9.17) is 17.2 Å². The maximum absolute atomic E-state index is 11.7. The van der Waals surface area contributed by atoms with Crippen molar-refractivity contribution in [3.05, 3.63) is 17.8 Å². The number of rotatable bonds is 6. The summed E-state index contributed by atoms with van der Waals surface area (Å²) < 4.78 is 4.60. The highest BCUT2D eigenvalue weighted by Crippen LogP contribution is 2.20. The van der Waals surface area contributed by atoms with Gasteiger partial charge in [-0.05, 0) is 6.07 Å². The molecule has 0 aromatic carbocycles. The van der Waals surface area contributed by atoms with E-state index in [-0.39, 0.29) is 30.2 Å². The first kappa shape index (κ1) is 15.2. The zero-order chi connectivity index (χ0) is 15.3. The molecule has 20 heavy (non-hydrogen) atoms. The Hall–Kier alpha value is -2.84. The van der Waals surface area contributed by atoms with E-state index < -0.39 is 17.8 Å². The van der Waals surface area contributed by atoms with Gasteiger partial charge in [0.2, 0.25) is 11.8 Å². The van der Waals surface area contributed by atoms with Gasteiger partial charge in [0.15, 0.2) is 0 Å². The van der Waals surface area contributed by atoms with E-state index in [1.54, 1.807) is 0 Å². The molecule has 1 heterocycles. The molecule has 2 amide bonds. The minimum absolute atomic E-state index is 0.00926. The fourth-order valence-corrected chi connectivity index (χ4v) is 1.57. The van der Waals surface area contributed by atoms with Gasteiger partial charge in [-0.25, -0.2) is 9.78 Å². The Morgan fingerprint density at radius 1 is 1.25 bits per heavy atom. The fourth-order valence-electron chi connectivity index (χ4n) is 1.57. The van der Waals surface area contributed by atoms with E-state index in [0.29, 0.717) is 0 Å². The van der Waals surface area contributed by atoms with E-state index in [1.807, 2.05) is 0 Å². The predicted molar refractivity (Wildman–Crippen MR) is 70.6 cm³/mol. The molecule has 1 aromatic rings. The van der Waals surface area contributed by atoms with Crippen molar-refractivity contribution >= 4 is 29.3 Å². The number of nitrogen functional groups attached to an aromatic ring is 1. The third-order valence-electron chi connectivity index (χ3n) is 2.29. The SMILES string of the molecule is COC(=O)c1cc(N)cnc1N(CC(N)=O)CC(N)=O. The first-order valence-corrected chi connectivity index (χ1v) is 5.50. The highest BCUT2D eigenvalue weighted by molar-refractivity contribution is 5.97. The Kier molecular flexibility index (Phi) is 4.84. The molecule has 0 bridgehead atoms. The molecule has 0 aliphatic rings. The summed E-state index contributed by atoms with van der Waals surface area (Å²) in [5.41, 5.74) is 16.0. The lowest BCUT2D eigenvalue weighted by Gasteiger charge is -2.22. The van der Waals surface area contributed by atoms with Gasteiger partial charge in [0.05, 0.1) is 32.1 Å². The van der Waals surface area contributed by atoms with Gasteiger partial charge in [-0.3, -0.25) is 9.59 Å². The van der Waals surface area contributed by atoms with E-state index in [2.05, 4.69) is 9.72 Å². The van der Waals surface area contributed by atoms with Crippen molar-refractivity contribution in [1.29, 1.82) is 0 Å². The zero-order valence-electron chi connectivity index (χ0n) is 10.8. The molecular formula is C11H15N5O4. The summed E-state index contributed by atoms with van der Waals surface area (Å²) in [4.78, 5) is 38.9. The van der Waals surface area contributed by atoms with Crippen molar-refractivity contribution in [2.75, 3.05) is 30.8 Å². The summed E-state index contributed by atoms with van der Waals surface area (Å²) in [7, 11) is 1.18. The lowest BCUT2D eigenvalue weighted by molar-refractivity contribution is -0.117. The smallest absolute Gasteiger partial charge is 0.341 e. The summed E-state index contributed by atoms with van der Waals surface area (Å²) in [6.07, 6.45) is 1.27. The molecule has 0 saturated heterocycles. The van der Waals surface area contributed by atoms with E-state index >= 15 is 0 Å². The summed E-state index contributed by atoms with van der Waals surface area (Å²) in [5, 5.41) is 0. The molecule has 0 radical (unpaired) electrons. The van der Waals surface area contributed by atoms with Gasteiger partial charge in [0, 0.05) is 0 Å². The molecule has 0 fully saturated rings. The van der Waals surface area contributed by atoms with Crippen molar-refractivity contribution in [3.8, 4) is 0 Å². The number of methoxy groups -OCH3 is 1. The molecule has 0 aliphatic carbocycles. The van der Waals surface area contributed by atoms with Crippen LogP contribution in [0.4, 0.5) is 11.5 Å². The van der Waals surface area contributed by atoms with E-state index in [1.165, 1.54) is 24.3 Å². The van der Waals surface area contributed by atoms with Crippen LogP contribution in [0.5, 0.6) is 0 Å². The van der Waals surface area contributed by atoms with Crippen LogP contribution in [0.3, 0.4) is 0 Å². The van der Waals surface area contributed by atoms with Crippen LogP contribution in [0.2, 0.25) is 0 Å². The largest absolute Gasteiger partial charge is 0.465 e. The molecule has 0 spiro atoms. The van der Waals surface area contributed by atoms with Crippen LogP contribution >= 0.6 is 0 Å². The summed E-state index contributed by atoms with van der Waals surface area (Å²) in [6, 6.07) is 1.32. The van der Waals surface area contributed by atoms with Crippen LogP contribution in [-0.2, 0) is 14.3 Å². The lowest BCUT2D eigenvalue weighted by atomic mass is 10.2. The number of aromatic nitrogens is 1. The molecule has 9 heteroatoms. The number of pyridine rings is 1. The highest BCUT2D eigenvalue weighted by atomic mass is 16.5. The Morgan fingerprint density at radius 2 is 1.80 bits per heavy atom. The maximum atomic E-state index is 11.7. The second-order valence-electron chi connectivity index (χ2n) is 3.92. The molecule has 0 aliphatic heterocycles. The lowest BCUT2D eigenvalue weighted by Crippen LogP contribution is -2.41. The van der Waals surface area contributed by atoms with Crippen molar-refractivity contribution in [2.45, 2.75) is 0 Å². The molecular weight excluding hydrogens is 266 g/mol. The molecule has 0 atom stereocenters. The quantitative estimate of drug-likeness (QED) is 0.521. The molecule has 9 nitrogen and oxygen atoms in total. The van der Waals surface area contributed by atoms with Crippen LogP contribution in [-0.4, -0.2) is 43.0 Å². The van der Waals surface area contributed by atoms with E-state index in [9.17, 15) is 14.4 Å². The molecule has 108 valence electrons. The minimum Gasteiger partial charge on any atom is -0.465 e. The maximum Gasteiger partial charge on any atom is 0.341 e. The Bertz CT molecular complexity index is 530. The zero-order valence-corrected chi connectivity index (χ0v) is 10.8. The van der Waals surface area contributed by atoms with Crippen LogP contribution < -0.4 is 22.1 Å². The summed E-state index contributed by atoms with van der Waals surface area (Å²) in [5.74, 6) is -2.08. The first-order chi connectivity index (χ1) is 9.35. The first-order valence-electron chi connectivity index (χ1n) is 5.50. The minimum atomic E-state index is -0.709. The average molecular weight is 281 g/mol. The third-order valence-corrected chi connectivity index (χ3v) is 2.29. The molecule has 1 rings (SSSR count). The number of esters is 1. The summed E-state index contributed by atoms with van der Waals surface area (Å²) in [6.45, 7) is -0.659. The molecule has 0 saturated carbocycles. The Balaban J connectivity index is 3.27. The predicted octanol–water partition coefficient (Wildman–Crippen LogP) is -1.77. The summed E-state index contributed by atoms with van der Waals surface area (Å²) >= 11 is 0. The highest BCUT2D eigenvalue weighted by Gasteiger charge is 2.21. The number of nitrogens with two attached hydrogens (primary N) is 3.